The molecule has 0 atom stereocenters. The molecule has 0 spiro atoms. The molecule has 0 radical (unpaired) electrons. The molecule has 0 aromatic heterocycles. The SMILES string of the molecule is CN(C)CCCNC(=O)C(=O)NCCN. The number of hydrogen-bond donors (Lipinski definition) is 3. The Bertz CT molecular complexity index is 206. The lowest BCUT2D eigenvalue weighted by atomic mass is 10.4. The Hall–Kier alpha value is -1.14. The van der Waals surface area contributed by atoms with Gasteiger partial charge < -0.3 is 21.3 Å². The number of hydrogen-bond acceptors (Lipinski definition) is 4. The Morgan fingerprint density at radius 3 is 2.13 bits per heavy atom. The molecule has 0 saturated carbocycles. The highest BCUT2D eigenvalue weighted by Gasteiger charge is 2.10. The highest BCUT2D eigenvalue weighted by molar-refractivity contribution is 6.35. The second-order valence-corrected chi connectivity index (χ2v) is 3.46. The van der Waals surface area contributed by atoms with Gasteiger partial charge in [-0.3, -0.25) is 9.59 Å². The van der Waals surface area contributed by atoms with Crippen molar-refractivity contribution < 1.29 is 9.59 Å². The van der Waals surface area contributed by atoms with Crippen LogP contribution in [0.2, 0.25) is 0 Å². The molecule has 0 aromatic carbocycles. The third-order valence-electron chi connectivity index (χ3n) is 1.70. The lowest BCUT2D eigenvalue weighted by molar-refractivity contribution is -0.139. The average molecular weight is 216 g/mol. The monoisotopic (exact) mass is 216 g/mol. The Morgan fingerprint density at radius 2 is 1.67 bits per heavy atom. The highest BCUT2D eigenvalue weighted by Crippen LogP contribution is 1.80. The molecule has 0 rings (SSSR count). The van der Waals surface area contributed by atoms with Gasteiger partial charge in [0.25, 0.3) is 0 Å². The van der Waals surface area contributed by atoms with Crippen molar-refractivity contribution in [3.8, 4) is 0 Å². The number of carbonyl (C=O) groups is 2. The van der Waals surface area contributed by atoms with E-state index < -0.39 is 11.8 Å². The molecule has 0 bridgehead atoms. The second kappa shape index (κ2) is 8.19. The first-order chi connectivity index (χ1) is 7.07. The summed E-state index contributed by atoms with van der Waals surface area (Å²) in [5.74, 6) is -1.22. The largest absolute Gasteiger partial charge is 0.348 e. The van der Waals surface area contributed by atoms with E-state index in [1.54, 1.807) is 0 Å². The second-order valence-electron chi connectivity index (χ2n) is 3.46. The van der Waals surface area contributed by atoms with Crippen molar-refractivity contribution in [2.45, 2.75) is 6.42 Å². The van der Waals surface area contributed by atoms with Crippen LogP contribution in [0.4, 0.5) is 0 Å². The molecule has 6 heteroatoms. The summed E-state index contributed by atoms with van der Waals surface area (Å²) in [5.41, 5.74) is 5.18. The molecule has 6 nitrogen and oxygen atoms in total. The van der Waals surface area contributed by atoms with Gasteiger partial charge in [0.05, 0.1) is 0 Å². The van der Waals surface area contributed by atoms with E-state index in [1.807, 2.05) is 19.0 Å². The van der Waals surface area contributed by atoms with Gasteiger partial charge in [-0.15, -0.1) is 0 Å². The average Bonchev–Trinajstić information content (AvgIpc) is 2.20. The van der Waals surface area contributed by atoms with Crippen LogP contribution in [-0.2, 0) is 9.59 Å². The van der Waals surface area contributed by atoms with Crippen molar-refractivity contribution in [3.63, 3.8) is 0 Å². The Balaban J connectivity index is 3.51. The number of nitrogens with one attached hydrogen (secondary N) is 2. The molecule has 0 fully saturated rings. The third-order valence-corrected chi connectivity index (χ3v) is 1.70. The molecule has 0 heterocycles. The van der Waals surface area contributed by atoms with Crippen molar-refractivity contribution in [1.29, 1.82) is 0 Å². The zero-order chi connectivity index (χ0) is 11.7. The van der Waals surface area contributed by atoms with Crippen molar-refractivity contribution in [2.75, 3.05) is 40.3 Å². The van der Waals surface area contributed by atoms with Gasteiger partial charge in [-0.05, 0) is 27.1 Å². The van der Waals surface area contributed by atoms with Gasteiger partial charge in [-0.1, -0.05) is 0 Å². The molecule has 2 amide bonds. The van der Waals surface area contributed by atoms with Crippen molar-refractivity contribution >= 4 is 11.8 Å². The fraction of sp³-hybridized carbons (Fsp3) is 0.778. The topological polar surface area (TPSA) is 87.5 Å². The molecule has 0 unspecified atom stereocenters. The maximum atomic E-state index is 11.1. The van der Waals surface area contributed by atoms with Crippen LogP contribution in [0.1, 0.15) is 6.42 Å². The van der Waals surface area contributed by atoms with E-state index in [1.165, 1.54) is 0 Å². The fourth-order valence-corrected chi connectivity index (χ4v) is 0.943. The van der Waals surface area contributed by atoms with Crippen LogP contribution in [0.5, 0.6) is 0 Å². The predicted octanol–water partition coefficient (Wildman–Crippen LogP) is -1.87. The van der Waals surface area contributed by atoms with Crippen LogP contribution in [0, 0.1) is 0 Å². The molecular formula is C9H20N4O2. The minimum Gasteiger partial charge on any atom is -0.348 e. The Kier molecular flexibility index (Phi) is 7.57. The zero-order valence-corrected chi connectivity index (χ0v) is 9.38. The maximum absolute atomic E-state index is 11.1. The molecule has 88 valence electrons. The smallest absolute Gasteiger partial charge is 0.309 e. The van der Waals surface area contributed by atoms with Crippen molar-refractivity contribution in [3.05, 3.63) is 0 Å². The van der Waals surface area contributed by atoms with Crippen LogP contribution in [0.3, 0.4) is 0 Å². The molecule has 0 aromatic rings. The zero-order valence-electron chi connectivity index (χ0n) is 9.38. The van der Waals surface area contributed by atoms with Gasteiger partial charge >= 0.3 is 11.8 Å². The number of amides is 2. The van der Waals surface area contributed by atoms with E-state index in [4.69, 9.17) is 5.73 Å². The first-order valence-corrected chi connectivity index (χ1v) is 4.98. The summed E-state index contributed by atoms with van der Waals surface area (Å²) in [5, 5.41) is 4.92. The first kappa shape index (κ1) is 13.9. The fourth-order valence-electron chi connectivity index (χ4n) is 0.943. The summed E-state index contributed by atoms with van der Waals surface area (Å²) >= 11 is 0. The molecule has 15 heavy (non-hydrogen) atoms. The van der Waals surface area contributed by atoms with E-state index in [2.05, 4.69) is 10.6 Å². The lowest BCUT2D eigenvalue weighted by Gasteiger charge is -2.09. The van der Waals surface area contributed by atoms with Gasteiger partial charge in [0.15, 0.2) is 0 Å². The molecule has 0 aliphatic rings. The van der Waals surface area contributed by atoms with Crippen molar-refractivity contribution in [2.24, 2.45) is 5.73 Å². The molecule has 0 saturated heterocycles. The van der Waals surface area contributed by atoms with E-state index >= 15 is 0 Å². The van der Waals surface area contributed by atoms with Crippen LogP contribution in [0.15, 0.2) is 0 Å². The number of nitrogens with zero attached hydrogens (tertiary/aromatic N) is 1. The first-order valence-electron chi connectivity index (χ1n) is 4.98. The number of carbonyl (C=O) groups excluding carboxylic acids is 2. The molecule has 0 aliphatic carbocycles. The third kappa shape index (κ3) is 7.90. The number of nitrogens with two attached hydrogens (primary N) is 1. The normalized spacial score (nSPS) is 10.1. The van der Waals surface area contributed by atoms with Crippen LogP contribution in [0.25, 0.3) is 0 Å². The summed E-state index contributed by atoms with van der Waals surface area (Å²) in [6.07, 6.45) is 0.822. The lowest BCUT2D eigenvalue weighted by Crippen LogP contribution is -2.42. The summed E-state index contributed by atoms with van der Waals surface area (Å²) < 4.78 is 0. The van der Waals surface area contributed by atoms with Gasteiger partial charge in [0.2, 0.25) is 0 Å². The Morgan fingerprint density at radius 1 is 1.13 bits per heavy atom. The molecular weight excluding hydrogens is 196 g/mol. The quantitative estimate of drug-likeness (QED) is 0.358. The minimum absolute atomic E-state index is 0.323. The van der Waals surface area contributed by atoms with E-state index in [0.29, 0.717) is 19.6 Å². The van der Waals surface area contributed by atoms with Gasteiger partial charge in [-0.25, -0.2) is 0 Å². The van der Waals surface area contributed by atoms with Crippen LogP contribution in [-0.4, -0.2) is 57.0 Å². The van der Waals surface area contributed by atoms with Crippen LogP contribution < -0.4 is 16.4 Å². The minimum atomic E-state index is -0.620. The predicted molar refractivity (Wildman–Crippen MR) is 58.2 cm³/mol. The number of rotatable bonds is 6. The van der Waals surface area contributed by atoms with Gasteiger partial charge in [-0.2, -0.15) is 0 Å². The maximum Gasteiger partial charge on any atom is 0.309 e. The highest BCUT2D eigenvalue weighted by atomic mass is 16.2. The van der Waals surface area contributed by atoms with E-state index in [9.17, 15) is 9.59 Å². The van der Waals surface area contributed by atoms with Gasteiger partial charge in [0.1, 0.15) is 0 Å². The summed E-state index contributed by atoms with van der Waals surface area (Å²) in [6.45, 7) is 2.04. The summed E-state index contributed by atoms with van der Waals surface area (Å²) in [6, 6.07) is 0. The standard InChI is InChI=1S/C9H20N4O2/c1-13(2)7-3-5-11-8(14)9(15)12-6-4-10/h3-7,10H2,1-2H3,(H,11,14)(H,12,15). The van der Waals surface area contributed by atoms with E-state index in [0.717, 1.165) is 13.0 Å². The summed E-state index contributed by atoms with van der Waals surface area (Å²) in [7, 11) is 3.91. The van der Waals surface area contributed by atoms with Crippen LogP contribution >= 0.6 is 0 Å². The molecule has 4 N–H and O–H groups in total. The van der Waals surface area contributed by atoms with Gasteiger partial charge in [0, 0.05) is 19.6 Å². The van der Waals surface area contributed by atoms with Crippen molar-refractivity contribution in [1.82, 2.24) is 15.5 Å². The molecule has 0 aliphatic heterocycles. The summed E-state index contributed by atoms with van der Waals surface area (Å²) in [4.78, 5) is 24.2. The Labute approximate surface area is 90.2 Å². The van der Waals surface area contributed by atoms with E-state index in [-0.39, 0.29) is 0 Å².